The number of halogens is 2. The number of nitrogens with zero attached hydrogens (tertiary/aromatic N) is 2. The summed E-state index contributed by atoms with van der Waals surface area (Å²) >= 11 is 0. The molecule has 0 aliphatic carbocycles. The highest BCUT2D eigenvalue weighted by atomic mass is 19.3. The minimum atomic E-state index is -2.94. The van der Waals surface area contributed by atoms with Gasteiger partial charge in [-0.2, -0.15) is 8.78 Å². The Hall–Kier alpha value is -3.07. The number of hydrogen-bond donors (Lipinski definition) is 2. The monoisotopic (exact) mass is 420 g/mol. The van der Waals surface area contributed by atoms with Gasteiger partial charge in [0.25, 0.3) is 0 Å². The predicted molar refractivity (Wildman–Crippen MR) is 110 cm³/mol. The van der Waals surface area contributed by atoms with Gasteiger partial charge in [-0.15, -0.1) is 0 Å². The molecule has 0 saturated carbocycles. The molecule has 3 rings (SSSR count). The van der Waals surface area contributed by atoms with Crippen LogP contribution in [0.15, 0.2) is 41.4 Å². The van der Waals surface area contributed by atoms with Crippen molar-refractivity contribution in [2.75, 3.05) is 27.9 Å². The van der Waals surface area contributed by atoms with Gasteiger partial charge >= 0.3 is 6.61 Å². The summed E-state index contributed by atoms with van der Waals surface area (Å²) in [6.07, 6.45) is 0. The summed E-state index contributed by atoms with van der Waals surface area (Å²) in [5.41, 5.74) is 2.88. The van der Waals surface area contributed by atoms with E-state index in [0.717, 1.165) is 12.1 Å². The van der Waals surface area contributed by atoms with Gasteiger partial charge in [-0.3, -0.25) is 4.99 Å². The molecule has 1 heterocycles. The molecule has 162 valence electrons. The van der Waals surface area contributed by atoms with E-state index < -0.39 is 6.61 Å². The zero-order valence-corrected chi connectivity index (χ0v) is 17.2. The number of fused-ring (bicyclic) bond motifs is 1. The standard InChI is InChI=1S/C21H26F2N4O3/c1-24-21(25-10-14-6-4-5-7-15(14)12-27(2)3)26-11-16-8-18-19(29-13-28-18)9-17(16)30-20(22)23/h4-9,20H,10-13H2,1-3H3,(H2,24,25,26). The first-order chi connectivity index (χ1) is 14.5. The molecule has 0 spiro atoms. The van der Waals surface area contributed by atoms with Gasteiger partial charge in [-0.25, -0.2) is 0 Å². The molecule has 0 unspecified atom stereocenters. The van der Waals surface area contributed by atoms with Crippen molar-refractivity contribution in [1.82, 2.24) is 15.5 Å². The van der Waals surface area contributed by atoms with Gasteiger partial charge in [0.05, 0.1) is 0 Å². The van der Waals surface area contributed by atoms with Crippen LogP contribution in [0.2, 0.25) is 0 Å². The SMILES string of the molecule is CN=C(NCc1ccccc1CN(C)C)NCc1cc2c(cc1OC(F)F)OCO2. The van der Waals surface area contributed by atoms with E-state index >= 15 is 0 Å². The Kier molecular flexibility index (Phi) is 7.29. The molecule has 2 aromatic carbocycles. The van der Waals surface area contributed by atoms with E-state index in [1.165, 1.54) is 11.6 Å². The minimum Gasteiger partial charge on any atom is -0.454 e. The van der Waals surface area contributed by atoms with Gasteiger partial charge in [-0.1, -0.05) is 24.3 Å². The number of hydrogen-bond acceptors (Lipinski definition) is 5. The summed E-state index contributed by atoms with van der Waals surface area (Å²) < 4.78 is 40.8. The lowest BCUT2D eigenvalue weighted by atomic mass is 10.1. The summed E-state index contributed by atoms with van der Waals surface area (Å²) in [7, 11) is 5.70. The lowest BCUT2D eigenvalue weighted by Gasteiger charge is -2.17. The van der Waals surface area contributed by atoms with Gasteiger partial charge in [0.15, 0.2) is 17.5 Å². The molecule has 0 atom stereocenters. The quantitative estimate of drug-likeness (QED) is 0.506. The van der Waals surface area contributed by atoms with Crippen LogP contribution in [0, 0.1) is 0 Å². The molecule has 2 N–H and O–H groups in total. The van der Waals surface area contributed by atoms with E-state index in [-0.39, 0.29) is 19.1 Å². The average Bonchev–Trinajstić information content (AvgIpc) is 3.15. The normalized spacial score (nSPS) is 13.1. The largest absolute Gasteiger partial charge is 0.454 e. The summed E-state index contributed by atoms with van der Waals surface area (Å²) in [6.45, 7) is -1.26. The van der Waals surface area contributed by atoms with Crippen LogP contribution < -0.4 is 24.8 Å². The second-order valence-electron chi connectivity index (χ2n) is 6.98. The van der Waals surface area contributed by atoms with Crippen LogP contribution in [-0.2, 0) is 19.6 Å². The van der Waals surface area contributed by atoms with Crippen molar-refractivity contribution in [3.8, 4) is 17.2 Å². The van der Waals surface area contributed by atoms with Crippen molar-refractivity contribution in [3.05, 3.63) is 53.1 Å². The number of alkyl halides is 2. The van der Waals surface area contributed by atoms with Crippen molar-refractivity contribution in [3.63, 3.8) is 0 Å². The van der Waals surface area contributed by atoms with Crippen molar-refractivity contribution in [1.29, 1.82) is 0 Å². The van der Waals surface area contributed by atoms with Gasteiger partial charge in [-0.05, 0) is 31.3 Å². The predicted octanol–water partition coefficient (Wildman–Crippen LogP) is 2.94. The fourth-order valence-electron chi connectivity index (χ4n) is 3.11. The molecule has 1 aliphatic heterocycles. The molecule has 2 aromatic rings. The molecule has 9 heteroatoms. The first kappa shape index (κ1) is 21.6. The maximum absolute atomic E-state index is 12.8. The van der Waals surface area contributed by atoms with Crippen LogP contribution >= 0.6 is 0 Å². The van der Waals surface area contributed by atoms with Gasteiger partial charge in [0.2, 0.25) is 6.79 Å². The third kappa shape index (κ3) is 5.73. The Morgan fingerprint density at radius 2 is 1.70 bits per heavy atom. The van der Waals surface area contributed by atoms with Crippen LogP contribution in [0.25, 0.3) is 0 Å². The first-order valence-electron chi connectivity index (χ1n) is 9.49. The Morgan fingerprint density at radius 3 is 2.33 bits per heavy atom. The molecule has 30 heavy (non-hydrogen) atoms. The van der Waals surface area contributed by atoms with E-state index in [1.807, 2.05) is 26.2 Å². The maximum Gasteiger partial charge on any atom is 0.387 e. The summed E-state index contributed by atoms with van der Waals surface area (Å²) in [6, 6.07) is 11.2. The molecular weight excluding hydrogens is 394 g/mol. The molecule has 7 nitrogen and oxygen atoms in total. The Balaban J connectivity index is 1.65. The molecule has 0 bridgehead atoms. The van der Waals surface area contributed by atoms with E-state index in [4.69, 9.17) is 9.47 Å². The fraction of sp³-hybridized carbons (Fsp3) is 0.381. The van der Waals surface area contributed by atoms with Crippen LogP contribution in [0.5, 0.6) is 17.2 Å². The lowest BCUT2D eigenvalue weighted by Crippen LogP contribution is -2.36. The van der Waals surface area contributed by atoms with Crippen LogP contribution in [-0.4, -0.2) is 45.4 Å². The maximum atomic E-state index is 12.8. The lowest BCUT2D eigenvalue weighted by molar-refractivity contribution is -0.0505. The summed E-state index contributed by atoms with van der Waals surface area (Å²) in [5, 5.41) is 6.39. The zero-order valence-electron chi connectivity index (χ0n) is 17.2. The molecule has 0 fully saturated rings. The Bertz CT molecular complexity index is 891. The average molecular weight is 420 g/mol. The number of rotatable bonds is 8. The Labute approximate surface area is 174 Å². The smallest absolute Gasteiger partial charge is 0.387 e. The molecule has 0 amide bonds. The van der Waals surface area contributed by atoms with Crippen LogP contribution in [0.1, 0.15) is 16.7 Å². The fourth-order valence-corrected chi connectivity index (χ4v) is 3.11. The molecular formula is C21H26F2N4O3. The van der Waals surface area contributed by atoms with E-state index in [0.29, 0.717) is 29.6 Å². The van der Waals surface area contributed by atoms with Crippen molar-refractivity contribution >= 4 is 5.96 Å². The highest BCUT2D eigenvalue weighted by Gasteiger charge is 2.20. The van der Waals surface area contributed by atoms with Crippen molar-refractivity contribution in [2.45, 2.75) is 26.2 Å². The molecule has 0 saturated heterocycles. The number of ether oxygens (including phenoxy) is 3. The van der Waals surface area contributed by atoms with E-state index in [9.17, 15) is 8.78 Å². The second kappa shape index (κ2) is 10.1. The summed E-state index contributed by atoms with van der Waals surface area (Å²) in [4.78, 5) is 6.32. The number of nitrogens with one attached hydrogen (secondary N) is 2. The molecule has 0 aromatic heterocycles. The number of aliphatic imine (C=N–C) groups is 1. The van der Waals surface area contributed by atoms with Gasteiger partial charge < -0.3 is 29.7 Å². The van der Waals surface area contributed by atoms with Crippen LogP contribution in [0.4, 0.5) is 8.78 Å². The minimum absolute atomic E-state index is 0.0357. The molecule has 1 aliphatic rings. The van der Waals surface area contributed by atoms with E-state index in [2.05, 4.69) is 37.4 Å². The second-order valence-corrected chi connectivity index (χ2v) is 6.98. The third-order valence-electron chi connectivity index (χ3n) is 4.49. The van der Waals surface area contributed by atoms with Crippen LogP contribution in [0.3, 0.4) is 0 Å². The van der Waals surface area contributed by atoms with Gasteiger partial charge in [0, 0.05) is 38.3 Å². The highest BCUT2D eigenvalue weighted by molar-refractivity contribution is 5.79. The number of guanidine groups is 1. The Morgan fingerprint density at radius 1 is 1.07 bits per heavy atom. The van der Waals surface area contributed by atoms with Crippen molar-refractivity contribution < 1.29 is 23.0 Å². The van der Waals surface area contributed by atoms with Crippen molar-refractivity contribution in [2.24, 2.45) is 4.99 Å². The zero-order chi connectivity index (χ0) is 21.5. The molecule has 0 radical (unpaired) electrons. The first-order valence-corrected chi connectivity index (χ1v) is 9.49. The van der Waals surface area contributed by atoms with Gasteiger partial charge in [0.1, 0.15) is 5.75 Å². The third-order valence-corrected chi connectivity index (χ3v) is 4.49. The topological polar surface area (TPSA) is 67.4 Å². The number of benzene rings is 2. The summed E-state index contributed by atoms with van der Waals surface area (Å²) in [5.74, 6) is 1.45. The van der Waals surface area contributed by atoms with E-state index in [1.54, 1.807) is 13.1 Å². The highest BCUT2D eigenvalue weighted by Crippen LogP contribution is 2.38.